The Morgan fingerprint density at radius 3 is 2.63 bits per heavy atom. The summed E-state index contributed by atoms with van der Waals surface area (Å²) in [5.74, 6) is -0.983. The van der Waals surface area contributed by atoms with Gasteiger partial charge in [-0.2, -0.15) is 0 Å². The summed E-state index contributed by atoms with van der Waals surface area (Å²) < 4.78 is 0. The van der Waals surface area contributed by atoms with Gasteiger partial charge in [0.2, 0.25) is 0 Å². The average Bonchev–Trinajstić information content (AvgIpc) is 3.14. The van der Waals surface area contributed by atoms with Gasteiger partial charge in [-0.15, -0.1) is 0 Å². The molecule has 102 valence electrons. The Kier molecular flexibility index (Phi) is 3.74. The highest BCUT2D eigenvalue weighted by molar-refractivity contribution is 5.92. The highest BCUT2D eigenvalue weighted by Crippen LogP contribution is 2.27. The number of aliphatic carboxylic acids is 1. The minimum atomic E-state index is -0.983. The zero-order chi connectivity index (χ0) is 14.0. The largest absolute Gasteiger partial charge is 0.480 e. The molecule has 1 saturated carbocycles. The van der Waals surface area contributed by atoms with Gasteiger partial charge in [-0.25, -0.2) is 4.79 Å². The summed E-state index contributed by atoms with van der Waals surface area (Å²) in [5.41, 5.74) is 2.75. The maximum atomic E-state index is 12.1. The smallest absolute Gasteiger partial charge is 0.323 e. The number of nitrogens with one attached hydrogen (secondary N) is 1. The third kappa shape index (κ3) is 3.47. The van der Waals surface area contributed by atoms with E-state index in [1.807, 2.05) is 32.0 Å². The fourth-order valence-electron chi connectivity index (χ4n) is 1.96. The maximum Gasteiger partial charge on any atom is 0.323 e. The first-order valence-corrected chi connectivity index (χ1v) is 6.34. The molecule has 1 aliphatic rings. The zero-order valence-electron chi connectivity index (χ0n) is 11.1. The van der Waals surface area contributed by atoms with E-state index in [0.717, 1.165) is 29.7 Å². The van der Waals surface area contributed by atoms with Crippen LogP contribution < -0.4 is 5.32 Å². The molecular formula is C14H18N2O3. The number of carbonyl (C=O) groups excluding carboxylic acids is 1. The first-order chi connectivity index (χ1) is 8.97. The van der Waals surface area contributed by atoms with Gasteiger partial charge in [0.1, 0.15) is 6.54 Å². The Morgan fingerprint density at radius 2 is 2.05 bits per heavy atom. The Morgan fingerprint density at radius 1 is 1.37 bits per heavy atom. The highest BCUT2D eigenvalue weighted by atomic mass is 16.4. The lowest BCUT2D eigenvalue weighted by atomic mass is 10.1. The second-order valence-corrected chi connectivity index (χ2v) is 5.00. The molecular weight excluding hydrogens is 244 g/mol. The Hall–Kier alpha value is -2.04. The number of carboxylic acid groups (broad SMARTS) is 1. The van der Waals surface area contributed by atoms with Crippen LogP contribution in [0.1, 0.15) is 24.0 Å². The molecule has 0 bridgehead atoms. The minimum Gasteiger partial charge on any atom is -0.480 e. The van der Waals surface area contributed by atoms with Gasteiger partial charge in [0, 0.05) is 11.7 Å². The van der Waals surface area contributed by atoms with E-state index in [1.165, 1.54) is 4.90 Å². The van der Waals surface area contributed by atoms with E-state index in [4.69, 9.17) is 5.11 Å². The van der Waals surface area contributed by atoms with Gasteiger partial charge < -0.3 is 15.3 Å². The summed E-state index contributed by atoms with van der Waals surface area (Å²) in [6.07, 6.45) is 1.76. The van der Waals surface area contributed by atoms with E-state index >= 15 is 0 Å². The Labute approximate surface area is 112 Å². The molecule has 5 heteroatoms. The third-order valence-electron chi connectivity index (χ3n) is 3.19. The molecule has 1 aromatic rings. The van der Waals surface area contributed by atoms with E-state index in [-0.39, 0.29) is 18.6 Å². The van der Waals surface area contributed by atoms with E-state index in [2.05, 4.69) is 5.32 Å². The molecule has 5 nitrogen and oxygen atoms in total. The van der Waals surface area contributed by atoms with Gasteiger partial charge in [-0.3, -0.25) is 4.79 Å². The maximum absolute atomic E-state index is 12.1. The summed E-state index contributed by atoms with van der Waals surface area (Å²) >= 11 is 0. The van der Waals surface area contributed by atoms with Crippen molar-refractivity contribution in [2.45, 2.75) is 32.7 Å². The van der Waals surface area contributed by atoms with E-state index in [1.54, 1.807) is 0 Å². The van der Waals surface area contributed by atoms with Gasteiger partial charge >= 0.3 is 12.0 Å². The van der Waals surface area contributed by atoms with E-state index in [0.29, 0.717) is 0 Å². The number of amides is 2. The van der Waals surface area contributed by atoms with Crippen LogP contribution in [-0.4, -0.2) is 34.6 Å². The van der Waals surface area contributed by atoms with Crippen molar-refractivity contribution in [1.29, 1.82) is 0 Å². The second kappa shape index (κ2) is 5.30. The number of benzene rings is 1. The van der Waals surface area contributed by atoms with Crippen LogP contribution in [0, 0.1) is 13.8 Å². The summed E-state index contributed by atoms with van der Waals surface area (Å²) in [6, 6.07) is 5.53. The molecule has 0 radical (unpaired) electrons. The predicted octanol–water partition coefficient (Wildman–Crippen LogP) is 2.38. The van der Waals surface area contributed by atoms with Crippen molar-refractivity contribution in [2.24, 2.45) is 0 Å². The molecule has 0 unspecified atom stereocenters. The molecule has 0 saturated heterocycles. The van der Waals surface area contributed by atoms with Crippen molar-refractivity contribution in [3.63, 3.8) is 0 Å². The van der Waals surface area contributed by atoms with Crippen LogP contribution in [-0.2, 0) is 4.79 Å². The van der Waals surface area contributed by atoms with Gasteiger partial charge in [0.15, 0.2) is 0 Å². The van der Waals surface area contributed by atoms with Crippen molar-refractivity contribution < 1.29 is 14.7 Å². The lowest BCUT2D eigenvalue weighted by Crippen LogP contribution is -2.40. The van der Waals surface area contributed by atoms with Crippen LogP contribution in [0.3, 0.4) is 0 Å². The molecule has 2 amide bonds. The normalized spacial score (nSPS) is 14.0. The number of urea groups is 1. The van der Waals surface area contributed by atoms with E-state index in [9.17, 15) is 9.59 Å². The van der Waals surface area contributed by atoms with Gasteiger partial charge in [-0.1, -0.05) is 12.1 Å². The summed E-state index contributed by atoms with van der Waals surface area (Å²) in [5, 5.41) is 11.7. The molecule has 1 aliphatic carbocycles. The molecule has 0 spiro atoms. The number of hydrogen-bond acceptors (Lipinski definition) is 2. The fourth-order valence-corrected chi connectivity index (χ4v) is 1.96. The van der Waals surface area contributed by atoms with E-state index < -0.39 is 5.97 Å². The summed E-state index contributed by atoms with van der Waals surface area (Å²) in [4.78, 5) is 24.3. The fraction of sp³-hybridized carbons (Fsp3) is 0.429. The monoisotopic (exact) mass is 262 g/mol. The van der Waals surface area contributed by atoms with Crippen molar-refractivity contribution in [1.82, 2.24) is 4.90 Å². The molecule has 19 heavy (non-hydrogen) atoms. The number of carbonyl (C=O) groups is 2. The van der Waals surface area contributed by atoms with Crippen molar-refractivity contribution in [3.05, 3.63) is 29.3 Å². The molecule has 1 aromatic carbocycles. The number of hydrogen-bond donors (Lipinski definition) is 2. The summed E-state index contributed by atoms with van der Waals surface area (Å²) in [6.45, 7) is 3.61. The van der Waals surface area contributed by atoms with Crippen molar-refractivity contribution in [2.75, 3.05) is 11.9 Å². The van der Waals surface area contributed by atoms with Crippen LogP contribution in [0.2, 0.25) is 0 Å². The van der Waals surface area contributed by atoms with Crippen LogP contribution in [0.25, 0.3) is 0 Å². The van der Waals surface area contributed by atoms with Crippen LogP contribution in [0.5, 0.6) is 0 Å². The lowest BCUT2D eigenvalue weighted by molar-refractivity contribution is -0.137. The topological polar surface area (TPSA) is 69.6 Å². The summed E-state index contributed by atoms with van der Waals surface area (Å²) in [7, 11) is 0. The quantitative estimate of drug-likeness (QED) is 0.875. The predicted molar refractivity (Wildman–Crippen MR) is 72.3 cm³/mol. The first kappa shape index (κ1) is 13.4. The van der Waals surface area contributed by atoms with Crippen LogP contribution >= 0.6 is 0 Å². The zero-order valence-corrected chi connectivity index (χ0v) is 11.1. The first-order valence-electron chi connectivity index (χ1n) is 6.34. The van der Waals surface area contributed by atoms with Crippen molar-refractivity contribution in [3.8, 4) is 0 Å². The second-order valence-electron chi connectivity index (χ2n) is 5.00. The van der Waals surface area contributed by atoms with Gasteiger partial charge in [-0.05, 0) is 43.9 Å². The molecule has 2 N–H and O–H groups in total. The lowest BCUT2D eigenvalue weighted by Gasteiger charge is -2.21. The Balaban J connectivity index is 2.10. The SMILES string of the molecule is Cc1ccc(C)c(NC(=O)N(CC(=O)O)C2CC2)c1. The number of rotatable bonds is 4. The molecule has 0 atom stereocenters. The number of carboxylic acids is 1. The number of aryl methyl sites for hydroxylation is 2. The molecule has 0 heterocycles. The third-order valence-corrected chi connectivity index (χ3v) is 3.19. The standard InChI is InChI=1S/C14H18N2O3/c1-9-3-4-10(2)12(7-9)15-14(19)16(8-13(17)18)11-5-6-11/h3-4,7,11H,5-6,8H2,1-2H3,(H,15,19)(H,17,18). The molecule has 0 aliphatic heterocycles. The minimum absolute atomic E-state index is 0.0706. The van der Waals surface area contributed by atoms with Crippen LogP contribution in [0.15, 0.2) is 18.2 Å². The molecule has 0 aromatic heterocycles. The van der Waals surface area contributed by atoms with Gasteiger partial charge in [0.05, 0.1) is 0 Å². The highest BCUT2D eigenvalue weighted by Gasteiger charge is 2.34. The van der Waals surface area contributed by atoms with Crippen molar-refractivity contribution >= 4 is 17.7 Å². The molecule has 2 rings (SSSR count). The van der Waals surface area contributed by atoms with Crippen LogP contribution in [0.4, 0.5) is 10.5 Å². The Bertz CT molecular complexity index is 509. The number of nitrogens with zero attached hydrogens (tertiary/aromatic N) is 1. The molecule has 1 fully saturated rings. The van der Waals surface area contributed by atoms with Gasteiger partial charge in [0.25, 0.3) is 0 Å². The average molecular weight is 262 g/mol. The number of anilines is 1.